The molecule has 90 valence electrons. The Labute approximate surface area is 103 Å². The van der Waals surface area contributed by atoms with Crippen molar-refractivity contribution in [1.82, 2.24) is 5.32 Å². The van der Waals surface area contributed by atoms with Crippen molar-refractivity contribution in [3.05, 3.63) is 57.8 Å². The highest BCUT2D eigenvalue weighted by Gasteiger charge is 2.12. The van der Waals surface area contributed by atoms with Crippen molar-refractivity contribution in [1.29, 1.82) is 0 Å². The average molecular weight is 253 g/mol. The van der Waals surface area contributed by atoms with Crippen LogP contribution in [0, 0.1) is 11.6 Å². The van der Waals surface area contributed by atoms with E-state index in [1.807, 2.05) is 24.6 Å². The molecule has 17 heavy (non-hydrogen) atoms. The number of hydrogen-bond acceptors (Lipinski definition) is 2. The van der Waals surface area contributed by atoms with Crippen LogP contribution in [0.15, 0.2) is 35.7 Å². The minimum absolute atomic E-state index is 0.0937. The summed E-state index contributed by atoms with van der Waals surface area (Å²) in [6.45, 7) is 0. The van der Waals surface area contributed by atoms with Crippen molar-refractivity contribution in [2.24, 2.45) is 0 Å². The Morgan fingerprint density at radius 3 is 2.47 bits per heavy atom. The van der Waals surface area contributed by atoms with E-state index in [-0.39, 0.29) is 6.04 Å². The Morgan fingerprint density at radius 2 is 1.94 bits per heavy atom. The first-order valence-corrected chi connectivity index (χ1v) is 6.22. The molecule has 1 N–H and O–H groups in total. The van der Waals surface area contributed by atoms with Gasteiger partial charge in [-0.25, -0.2) is 8.78 Å². The summed E-state index contributed by atoms with van der Waals surface area (Å²) in [7, 11) is 1.85. The Morgan fingerprint density at radius 1 is 1.24 bits per heavy atom. The van der Waals surface area contributed by atoms with E-state index in [0.717, 1.165) is 10.9 Å². The Kier molecular flexibility index (Phi) is 3.86. The molecule has 0 aliphatic heterocycles. The molecule has 0 aliphatic rings. The summed E-state index contributed by atoms with van der Waals surface area (Å²) in [6.07, 6.45) is 0.575. The molecule has 0 bridgehead atoms. The molecule has 0 saturated carbocycles. The maximum absolute atomic E-state index is 13.1. The second-order valence-corrected chi connectivity index (χ2v) is 4.82. The van der Waals surface area contributed by atoms with Gasteiger partial charge in [0.1, 0.15) is 11.6 Å². The van der Waals surface area contributed by atoms with Crippen molar-refractivity contribution >= 4 is 11.3 Å². The molecular weight excluding hydrogens is 240 g/mol. The van der Waals surface area contributed by atoms with Crippen LogP contribution < -0.4 is 5.32 Å². The van der Waals surface area contributed by atoms with Gasteiger partial charge in [0.05, 0.1) is 0 Å². The summed E-state index contributed by atoms with van der Waals surface area (Å²) in [6, 6.07) is 7.72. The lowest BCUT2D eigenvalue weighted by molar-refractivity contribution is 0.565. The monoisotopic (exact) mass is 253 g/mol. The van der Waals surface area contributed by atoms with Crippen LogP contribution in [0.25, 0.3) is 0 Å². The van der Waals surface area contributed by atoms with Gasteiger partial charge < -0.3 is 5.32 Å². The molecule has 1 aromatic carbocycles. The summed E-state index contributed by atoms with van der Waals surface area (Å²) in [5.41, 5.74) is 0.662. The average Bonchev–Trinajstić information content (AvgIpc) is 2.77. The number of likely N-dealkylation sites (N-methyl/N-ethyl adjacent to an activating group) is 1. The van der Waals surface area contributed by atoms with Gasteiger partial charge in [0.15, 0.2) is 0 Å². The maximum Gasteiger partial charge on any atom is 0.126 e. The number of halogens is 2. The van der Waals surface area contributed by atoms with Crippen LogP contribution in [0.1, 0.15) is 16.5 Å². The Balaban J connectivity index is 2.18. The predicted molar refractivity (Wildman–Crippen MR) is 66.2 cm³/mol. The van der Waals surface area contributed by atoms with Gasteiger partial charge in [-0.2, -0.15) is 0 Å². The molecule has 1 nitrogen and oxygen atoms in total. The van der Waals surface area contributed by atoms with Crippen molar-refractivity contribution in [3.8, 4) is 0 Å². The highest BCUT2D eigenvalue weighted by molar-refractivity contribution is 7.10. The van der Waals surface area contributed by atoms with Gasteiger partial charge in [-0.3, -0.25) is 0 Å². The van der Waals surface area contributed by atoms with Gasteiger partial charge in [0.2, 0.25) is 0 Å². The topological polar surface area (TPSA) is 12.0 Å². The fraction of sp³-hybridized carbons (Fsp3) is 0.231. The molecule has 1 heterocycles. The fourth-order valence-electron chi connectivity index (χ4n) is 1.80. The normalized spacial score (nSPS) is 12.6. The van der Waals surface area contributed by atoms with E-state index in [0.29, 0.717) is 12.0 Å². The summed E-state index contributed by atoms with van der Waals surface area (Å²) < 4.78 is 26.1. The van der Waals surface area contributed by atoms with Crippen molar-refractivity contribution in [2.75, 3.05) is 7.05 Å². The van der Waals surface area contributed by atoms with Gasteiger partial charge in [0, 0.05) is 17.0 Å². The van der Waals surface area contributed by atoms with Gasteiger partial charge in [-0.15, -0.1) is 11.3 Å². The number of nitrogens with one attached hydrogen (secondary N) is 1. The molecule has 0 radical (unpaired) electrons. The summed E-state index contributed by atoms with van der Waals surface area (Å²) in [4.78, 5) is 1.16. The summed E-state index contributed by atoms with van der Waals surface area (Å²) in [5.74, 6) is -1.05. The minimum atomic E-state index is -0.527. The van der Waals surface area contributed by atoms with Gasteiger partial charge in [-0.05, 0) is 42.6 Å². The zero-order valence-corrected chi connectivity index (χ0v) is 10.2. The van der Waals surface area contributed by atoms with E-state index >= 15 is 0 Å². The van der Waals surface area contributed by atoms with Crippen molar-refractivity contribution in [2.45, 2.75) is 12.5 Å². The maximum atomic E-state index is 13.1. The molecule has 0 amide bonds. The van der Waals surface area contributed by atoms with Gasteiger partial charge in [0.25, 0.3) is 0 Å². The van der Waals surface area contributed by atoms with E-state index in [9.17, 15) is 8.78 Å². The quantitative estimate of drug-likeness (QED) is 0.879. The fourth-order valence-corrected chi connectivity index (χ4v) is 2.64. The first kappa shape index (κ1) is 12.2. The summed E-state index contributed by atoms with van der Waals surface area (Å²) >= 11 is 1.63. The van der Waals surface area contributed by atoms with Crippen LogP contribution in [-0.4, -0.2) is 7.05 Å². The highest BCUT2D eigenvalue weighted by atomic mass is 32.1. The molecule has 0 spiro atoms. The Hall–Kier alpha value is -1.26. The third-order valence-electron chi connectivity index (χ3n) is 2.60. The molecule has 2 aromatic rings. The third-order valence-corrected chi connectivity index (χ3v) is 3.58. The standard InChI is InChI=1S/C13H13F2NS/c1-16-12(13-3-2-4-17-13)7-9-5-10(14)8-11(15)6-9/h2-6,8,12,16H,7H2,1H3. The van der Waals surface area contributed by atoms with E-state index in [2.05, 4.69) is 5.32 Å². The lowest BCUT2D eigenvalue weighted by Gasteiger charge is -2.14. The molecule has 0 fully saturated rings. The molecule has 2 rings (SSSR count). The first-order chi connectivity index (χ1) is 8.19. The minimum Gasteiger partial charge on any atom is -0.312 e. The lowest BCUT2D eigenvalue weighted by Crippen LogP contribution is -2.17. The SMILES string of the molecule is CNC(Cc1cc(F)cc(F)c1)c1cccs1. The number of benzene rings is 1. The van der Waals surface area contributed by atoms with E-state index in [1.54, 1.807) is 11.3 Å². The van der Waals surface area contributed by atoms with E-state index < -0.39 is 11.6 Å². The van der Waals surface area contributed by atoms with Crippen LogP contribution in [0.3, 0.4) is 0 Å². The summed E-state index contributed by atoms with van der Waals surface area (Å²) in [5, 5.41) is 5.15. The zero-order valence-electron chi connectivity index (χ0n) is 9.41. The smallest absolute Gasteiger partial charge is 0.126 e. The number of thiophene rings is 1. The second kappa shape index (κ2) is 5.38. The largest absolute Gasteiger partial charge is 0.312 e. The van der Waals surface area contributed by atoms with Crippen LogP contribution >= 0.6 is 11.3 Å². The number of rotatable bonds is 4. The van der Waals surface area contributed by atoms with Crippen LogP contribution in [0.5, 0.6) is 0 Å². The molecule has 0 aliphatic carbocycles. The molecular formula is C13H13F2NS. The van der Waals surface area contributed by atoms with Crippen LogP contribution in [0.2, 0.25) is 0 Å². The predicted octanol–water partition coefficient (Wildman–Crippen LogP) is 3.53. The van der Waals surface area contributed by atoms with E-state index in [1.165, 1.54) is 12.1 Å². The zero-order chi connectivity index (χ0) is 12.3. The molecule has 1 unspecified atom stereocenters. The van der Waals surface area contributed by atoms with E-state index in [4.69, 9.17) is 0 Å². The van der Waals surface area contributed by atoms with Crippen LogP contribution in [-0.2, 0) is 6.42 Å². The third kappa shape index (κ3) is 3.11. The molecule has 4 heteroatoms. The highest BCUT2D eigenvalue weighted by Crippen LogP contribution is 2.23. The number of hydrogen-bond donors (Lipinski definition) is 1. The second-order valence-electron chi connectivity index (χ2n) is 3.84. The molecule has 1 aromatic heterocycles. The molecule has 0 saturated heterocycles. The van der Waals surface area contributed by atoms with Crippen LogP contribution in [0.4, 0.5) is 8.78 Å². The van der Waals surface area contributed by atoms with Crippen molar-refractivity contribution in [3.63, 3.8) is 0 Å². The first-order valence-electron chi connectivity index (χ1n) is 5.34. The van der Waals surface area contributed by atoms with Crippen molar-refractivity contribution < 1.29 is 8.78 Å². The Bertz CT molecular complexity index is 462. The van der Waals surface area contributed by atoms with Gasteiger partial charge in [-0.1, -0.05) is 6.07 Å². The molecule has 1 atom stereocenters. The van der Waals surface area contributed by atoms with Gasteiger partial charge >= 0.3 is 0 Å². The lowest BCUT2D eigenvalue weighted by atomic mass is 10.0.